The number of hydrogen-bond donors (Lipinski definition) is 0. The number of furan rings is 1. The number of pyridine rings is 2. The molecule has 9 rings (SSSR count). The molecular formula is C50H46GeIrN2O-2. The number of aromatic nitrogens is 2. The van der Waals surface area contributed by atoms with Gasteiger partial charge in [-0.05, 0) is 57.8 Å². The Morgan fingerprint density at radius 3 is 2.24 bits per heavy atom. The molecule has 5 heteroatoms. The first-order chi connectivity index (χ1) is 28.3. The van der Waals surface area contributed by atoms with E-state index < -0.39 is 26.5 Å². The summed E-state index contributed by atoms with van der Waals surface area (Å²) in [6.07, 6.45) is 6.41. The van der Waals surface area contributed by atoms with Gasteiger partial charge in [0.25, 0.3) is 0 Å². The summed E-state index contributed by atoms with van der Waals surface area (Å²) in [4.78, 5) is 9.05. The second kappa shape index (κ2) is 17.0. The van der Waals surface area contributed by atoms with E-state index in [0.717, 1.165) is 70.0 Å². The molecule has 277 valence electrons. The molecule has 55 heavy (non-hydrogen) atoms. The van der Waals surface area contributed by atoms with E-state index in [2.05, 4.69) is 106 Å². The van der Waals surface area contributed by atoms with Crippen molar-refractivity contribution in [1.29, 1.82) is 0 Å². The minimum atomic E-state index is -2.08. The second-order valence-corrected chi connectivity index (χ2v) is 25.7. The first-order valence-corrected chi connectivity index (χ1v) is 26.1. The Morgan fingerprint density at radius 1 is 0.764 bits per heavy atom. The van der Waals surface area contributed by atoms with Crippen LogP contribution in [0.4, 0.5) is 0 Å². The van der Waals surface area contributed by atoms with Gasteiger partial charge in [-0.15, -0.1) is 17.7 Å². The molecule has 3 aromatic heterocycles. The molecule has 5 aromatic carbocycles. The number of aryl methyl sites for hydroxylation is 1. The molecule has 0 unspecified atom stereocenters. The molecule has 8 aromatic rings. The predicted molar refractivity (Wildman–Crippen MR) is 229 cm³/mol. The van der Waals surface area contributed by atoms with Crippen LogP contribution in [0.2, 0.25) is 17.3 Å². The van der Waals surface area contributed by atoms with Gasteiger partial charge in [-0.3, -0.25) is 0 Å². The minimum Gasteiger partial charge on any atom is -0.477 e. The summed E-state index contributed by atoms with van der Waals surface area (Å²) < 4.78 is 47.3. The number of hydrogen-bond acceptors (Lipinski definition) is 3. The van der Waals surface area contributed by atoms with Crippen LogP contribution in [0, 0.1) is 24.9 Å². The van der Waals surface area contributed by atoms with Crippen LogP contribution >= 0.6 is 0 Å². The quantitative estimate of drug-likeness (QED) is 0.118. The van der Waals surface area contributed by atoms with Crippen molar-refractivity contribution in [2.24, 2.45) is 5.92 Å². The number of nitrogens with zero attached hydrogens (tertiary/aromatic N) is 2. The van der Waals surface area contributed by atoms with Gasteiger partial charge in [0.2, 0.25) is 0 Å². The molecule has 0 amide bonds. The average Bonchev–Trinajstić information content (AvgIpc) is 3.93. The number of rotatable bonds is 7. The molecular weight excluding hydrogens is 909 g/mol. The summed E-state index contributed by atoms with van der Waals surface area (Å²) in [5.41, 5.74) is 10.3. The normalized spacial score (nSPS) is 14.9. The Hall–Kier alpha value is -4.61. The molecule has 1 radical (unpaired) electrons. The third-order valence-electron chi connectivity index (χ3n) is 10.2. The molecule has 3 nitrogen and oxygen atoms in total. The zero-order valence-corrected chi connectivity index (χ0v) is 35.8. The fourth-order valence-electron chi connectivity index (χ4n) is 7.17. The Balaban J connectivity index is 0.000000220. The molecule has 1 fully saturated rings. The topological polar surface area (TPSA) is 38.9 Å². The second-order valence-electron chi connectivity index (χ2n) is 15.1. The van der Waals surface area contributed by atoms with Crippen LogP contribution in [0.3, 0.4) is 0 Å². The van der Waals surface area contributed by atoms with Crippen molar-refractivity contribution in [1.82, 2.24) is 9.97 Å². The Kier molecular flexibility index (Phi) is 10.1. The van der Waals surface area contributed by atoms with E-state index in [-0.39, 0.29) is 26.0 Å². The summed E-state index contributed by atoms with van der Waals surface area (Å²) in [7, 11) is 0. The van der Waals surface area contributed by atoms with Gasteiger partial charge >= 0.3 is 110 Å². The van der Waals surface area contributed by atoms with Gasteiger partial charge in [-0.2, -0.15) is 0 Å². The first kappa shape index (κ1) is 32.6. The summed E-state index contributed by atoms with van der Waals surface area (Å²) >= 11 is -1.83. The standard InChI is InChI=1S/C35H28NO.C15H18GeN.Ir/c1-2-9-26(10-3-1)27-13-15-28(16-14-27)30-11-6-12-33-35(30)31-18-17-29(23-34(31)37-33)32-22-25(19-20-36-32)21-24-7-4-5-8-24;1-12-5-7-13(8-6-12)15-10-9-14(11-17-15)16(2,3)4;/h1-3,6,9-20,22,24H,4-5,7-8,21H2;5-7,9-11H,1-4H3;/q2*-1;/i21D2;1D3;. The van der Waals surface area contributed by atoms with Crippen molar-refractivity contribution in [3.8, 4) is 44.8 Å². The molecule has 1 saturated carbocycles. The van der Waals surface area contributed by atoms with Gasteiger partial charge in [0.1, 0.15) is 5.58 Å². The zero-order chi connectivity index (χ0) is 41.4. The van der Waals surface area contributed by atoms with Crippen LogP contribution in [-0.2, 0) is 26.5 Å². The Morgan fingerprint density at radius 2 is 1.53 bits per heavy atom. The monoisotopic (exact) mass is 962 g/mol. The van der Waals surface area contributed by atoms with Crippen molar-refractivity contribution < 1.29 is 31.4 Å². The summed E-state index contributed by atoms with van der Waals surface area (Å²) in [5, 5.41) is 2.08. The van der Waals surface area contributed by atoms with Gasteiger partial charge in [-0.1, -0.05) is 115 Å². The smallest absolute Gasteiger partial charge is 0.124 e. The number of fused-ring (bicyclic) bond motifs is 3. The fourth-order valence-corrected chi connectivity index (χ4v) is 9.34. The van der Waals surface area contributed by atoms with E-state index in [1.165, 1.54) is 21.6 Å². The van der Waals surface area contributed by atoms with Gasteiger partial charge in [0.15, 0.2) is 0 Å². The third kappa shape index (κ3) is 8.94. The van der Waals surface area contributed by atoms with Crippen LogP contribution in [0.1, 0.15) is 43.7 Å². The maximum absolute atomic E-state index is 8.81. The van der Waals surface area contributed by atoms with E-state index in [9.17, 15) is 0 Å². The molecule has 0 spiro atoms. The Bertz CT molecular complexity index is 2650. The maximum atomic E-state index is 8.81. The van der Waals surface area contributed by atoms with E-state index in [4.69, 9.17) is 11.3 Å². The van der Waals surface area contributed by atoms with Gasteiger partial charge in [0.05, 0.1) is 5.58 Å². The largest absolute Gasteiger partial charge is 0.477 e. The third-order valence-corrected chi connectivity index (χ3v) is 14.5. The van der Waals surface area contributed by atoms with Crippen LogP contribution in [0.5, 0.6) is 0 Å². The fraction of sp³-hybridized carbons (Fsp3) is 0.200. The van der Waals surface area contributed by atoms with Gasteiger partial charge < -0.3 is 9.40 Å². The van der Waals surface area contributed by atoms with E-state index in [1.54, 1.807) is 18.3 Å². The number of benzene rings is 5. The first-order valence-electron chi connectivity index (χ1n) is 21.3. The maximum Gasteiger partial charge on any atom is 0.124 e. The van der Waals surface area contributed by atoms with Crippen molar-refractivity contribution >= 4 is 39.6 Å². The van der Waals surface area contributed by atoms with Gasteiger partial charge in [-0.25, -0.2) is 0 Å². The van der Waals surface area contributed by atoms with Crippen molar-refractivity contribution in [3.63, 3.8) is 0 Å². The van der Waals surface area contributed by atoms with Crippen LogP contribution in [0.25, 0.3) is 66.7 Å². The van der Waals surface area contributed by atoms with Crippen molar-refractivity contribution in [2.75, 3.05) is 0 Å². The average molecular weight is 961 g/mol. The molecule has 0 atom stereocenters. The molecule has 1 aliphatic carbocycles. The Labute approximate surface area is 349 Å². The predicted octanol–water partition coefficient (Wildman–Crippen LogP) is 12.9. The van der Waals surface area contributed by atoms with Gasteiger partial charge in [0, 0.05) is 29.0 Å². The molecule has 0 saturated heterocycles. The zero-order valence-electron chi connectivity index (χ0n) is 36.3. The molecule has 0 bridgehead atoms. The minimum absolute atomic E-state index is 0. The van der Waals surface area contributed by atoms with Crippen molar-refractivity contribution in [2.45, 2.75) is 56.2 Å². The van der Waals surface area contributed by atoms with E-state index in [0.29, 0.717) is 22.4 Å². The van der Waals surface area contributed by atoms with Crippen molar-refractivity contribution in [3.05, 3.63) is 163 Å². The van der Waals surface area contributed by atoms with Crippen LogP contribution < -0.4 is 4.40 Å². The summed E-state index contributed by atoms with van der Waals surface area (Å²) in [6.45, 7) is -2.08. The molecule has 3 heterocycles. The summed E-state index contributed by atoms with van der Waals surface area (Å²) in [5.74, 6) is 7.05. The summed E-state index contributed by atoms with van der Waals surface area (Å²) in [6, 6.07) is 48.5. The van der Waals surface area contributed by atoms with Crippen LogP contribution in [0.15, 0.2) is 144 Å². The molecule has 0 N–H and O–H groups in total. The van der Waals surface area contributed by atoms with E-state index in [1.807, 2.05) is 48.7 Å². The van der Waals surface area contributed by atoms with Crippen LogP contribution in [-0.4, -0.2) is 23.2 Å². The molecule has 1 aliphatic rings. The molecule has 0 aliphatic heterocycles. The SMILES string of the molecule is [2H]C([2H])([2H])c1c[c-]c(-c2cc[c]([Ge]([CH3])([CH3])[CH3])cn2)cc1.[2H]C([2H])(c1ccnc(-c2[c-]c3oc4cccc(-c5ccc(-c6ccccc6)cc5)c4c3cc2)c1)C1CCCC1.[Ir]. The van der Waals surface area contributed by atoms with E-state index >= 15 is 0 Å².